The maximum Gasteiger partial charge on any atom is 0.250 e. The van der Waals surface area contributed by atoms with E-state index in [1.165, 1.54) is 0 Å². The second kappa shape index (κ2) is 5.18. The molecular weight excluding hydrogens is 286 g/mol. The van der Waals surface area contributed by atoms with Gasteiger partial charge in [-0.3, -0.25) is 9.59 Å². The molecule has 0 aliphatic carbocycles. The number of thioether (sulfide) groups is 1. The Balaban J connectivity index is 1.49. The van der Waals surface area contributed by atoms with Crippen LogP contribution in [0.25, 0.3) is 0 Å². The van der Waals surface area contributed by atoms with E-state index in [4.69, 9.17) is 0 Å². The van der Waals surface area contributed by atoms with E-state index in [9.17, 15) is 9.59 Å². The first-order valence-corrected chi connectivity index (χ1v) is 8.63. The molecule has 5 nitrogen and oxygen atoms in total. The first-order chi connectivity index (χ1) is 10.2. The molecule has 0 bridgehead atoms. The predicted molar refractivity (Wildman–Crippen MR) is 81.5 cm³/mol. The van der Waals surface area contributed by atoms with E-state index in [-0.39, 0.29) is 11.8 Å². The summed E-state index contributed by atoms with van der Waals surface area (Å²) in [5, 5.41) is 3.65. The van der Waals surface area contributed by atoms with Crippen LogP contribution in [0.4, 0.5) is 0 Å². The molecule has 1 N–H and O–H groups in total. The van der Waals surface area contributed by atoms with Gasteiger partial charge in [0.2, 0.25) is 11.8 Å². The summed E-state index contributed by atoms with van der Waals surface area (Å²) in [6.07, 6.45) is 6.50. The molecule has 112 valence electrons. The minimum absolute atomic E-state index is 0.187. The Morgan fingerprint density at radius 2 is 2.29 bits per heavy atom. The maximum atomic E-state index is 12.5. The van der Waals surface area contributed by atoms with E-state index in [0.29, 0.717) is 17.8 Å². The summed E-state index contributed by atoms with van der Waals surface area (Å²) < 4.78 is 0. The molecule has 3 fully saturated rings. The highest BCUT2D eigenvalue weighted by Crippen LogP contribution is 2.36. The molecule has 3 saturated heterocycles. The van der Waals surface area contributed by atoms with Crippen molar-refractivity contribution in [1.82, 2.24) is 15.1 Å². The SMILES string of the molecule is O=C1C(=CC2=CN3C(=O)C[C@H]3SC2)CCN1C1CCNC1. The van der Waals surface area contributed by atoms with Crippen LogP contribution in [0.15, 0.2) is 23.4 Å². The molecule has 1 unspecified atom stereocenters. The van der Waals surface area contributed by atoms with Crippen molar-refractivity contribution in [2.24, 2.45) is 0 Å². The van der Waals surface area contributed by atoms with Gasteiger partial charge in [0.15, 0.2) is 0 Å². The Bertz CT molecular complexity index is 551. The summed E-state index contributed by atoms with van der Waals surface area (Å²) in [6.45, 7) is 2.76. The second-order valence-electron chi connectivity index (χ2n) is 6.04. The number of rotatable bonds is 2. The smallest absolute Gasteiger partial charge is 0.250 e. The Morgan fingerprint density at radius 3 is 3.05 bits per heavy atom. The molecule has 0 radical (unpaired) electrons. The van der Waals surface area contributed by atoms with Gasteiger partial charge < -0.3 is 15.1 Å². The number of nitrogens with zero attached hydrogens (tertiary/aromatic N) is 2. The molecule has 0 aromatic carbocycles. The fourth-order valence-corrected chi connectivity index (χ4v) is 4.57. The van der Waals surface area contributed by atoms with Gasteiger partial charge in [0.05, 0.1) is 11.8 Å². The van der Waals surface area contributed by atoms with Gasteiger partial charge >= 0.3 is 0 Å². The summed E-state index contributed by atoms with van der Waals surface area (Å²) >= 11 is 1.79. The first kappa shape index (κ1) is 13.4. The molecule has 0 aromatic heterocycles. The third kappa shape index (κ3) is 2.30. The number of nitrogens with one attached hydrogen (secondary N) is 1. The van der Waals surface area contributed by atoms with Crippen molar-refractivity contribution in [2.75, 3.05) is 25.4 Å². The number of fused-ring (bicyclic) bond motifs is 1. The summed E-state index contributed by atoms with van der Waals surface area (Å²) in [5.74, 6) is 1.28. The Kier molecular flexibility index (Phi) is 3.30. The van der Waals surface area contributed by atoms with Crippen LogP contribution >= 0.6 is 11.8 Å². The summed E-state index contributed by atoms with van der Waals surface area (Å²) in [7, 11) is 0. The fraction of sp³-hybridized carbons (Fsp3) is 0.600. The molecule has 0 aromatic rings. The van der Waals surface area contributed by atoms with Crippen molar-refractivity contribution in [2.45, 2.75) is 30.7 Å². The van der Waals surface area contributed by atoms with Crippen LogP contribution in [0.2, 0.25) is 0 Å². The van der Waals surface area contributed by atoms with Crippen LogP contribution in [-0.2, 0) is 9.59 Å². The summed E-state index contributed by atoms with van der Waals surface area (Å²) in [4.78, 5) is 27.8. The van der Waals surface area contributed by atoms with E-state index in [1.807, 2.05) is 17.2 Å². The lowest BCUT2D eigenvalue weighted by molar-refractivity contribution is -0.137. The van der Waals surface area contributed by atoms with Gasteiger partial charge in [0, 0.05) is 36.7 Å². The molecule has 2 amide bonds. The molecular formula is C15H19N3O2S. The van der Waals surface area contributed by atoms with Crippen LogP contribution in [0.3, 0.4) is 0 Å². The van der Waals surface area contributed by atoms with Crippen molar-refractivity contribution in [3.63, 3.8) is 0 Å². The molecule has 0 spiro atoms. The lowest BCUT2D eigenvalue weighted by atomic mass is 10.1. The van der Waals surface area contributed by atoms with Gasteiger partial charge in [-0.15, -0.1) is 11.8 Å². The van der Waals surface area contributed by atoms with Crippen LogP contribution in [0.1, 0.15) is 19.3 Å². The zero-order valence-corrected chi connectivity index (χ0v) is 12.7. The van der Waals surface area contributed by atoms with Gasteiger partial charge in [-0.25, -0.2) is 0 Å². The Morgan fingerprint density at radius 1 is 1.38 bits per heavy atom. The third-order valence-corrected chi connectivity index (χ3v) is 5.97. The number of allylic oxidation sites excluding steroid dienone is 1. The van der Waals surface area contributed by atoms with Crippen LogP contribution in [0.5, 0.6) is 0 Å². The maximum absolute atomic E-state index is 12.5. The standard InChI is InChI=1S/C15H19N3O2S/c19-13-6-14-18(13)8-10(9-21-14)5-11-2-4-17(15(11)20)12-1-3-16-7-12/h5,8,12,14,16H,1-4,6-7,9H2/t12?,14-/m1/s1. The number of β-lactam (4-membered cyclic amide) rings is 1. The number of hydrogen-bond acceptors (Lipinski definition) is 4. The topological polar surface area (TPSA) is 52.7 Å². The molecule has 4 heterocycles. The lowest BCUT2D eigenvalue weighted by Crippen LogP contribution is -2.49. The zero-order chi connectivity index (χ0) is 14.4. The molecule has 21 heavy (non-hydrogen) atoms. The minimum atomic E-state index is 0.187. The monoisotopic (exact) mass is 305 g/mol. The summed E-state index contributed by atoms with van der Waals surface area (Å²) in [5.41, 5.74) is 2.00. The van der Waals surface area contributed by atoms with Gasteiger partial charge in [0.25, 0.3) is 0 Å². The van der Waals surface area contributed by atoms with Crippen molar-refractivity contribution in [1.29, 1.82) is 0 Å². The number of likely N-dealkylation sites (tertiary alicyclic amines) is 1. The third-order valence-electron chi connectivity index (χ3n) is 4.69. The van der Waals surface area contributed by atoms with Crippen molar-refractivity contribution in [3.05, 3.63) is 23.4 Å². The number of hydrogen-bond donors (Lipinski definition) is 1. The molecule has 4 rings (SSSR count). The average Bonchev–Trinajstić information content (AvgIpc) is 3.10. The van der Waals surface area contributed by atoms with Gasteiger partial charge in [-0.1, -0.05) is 0 Å². The van der Waals surface area contributed by atoms with E-state index >= 15 is 0 Å². The average molecular weight is 305 g/mol. The van der Waals surface area contributed by atoms with Crippen LogP contribution in [-0.4, -0.2) is 58.4 Å². The van der Waals surface area contributed by atoms with Crippen molar-refractivity contribution >= 4 is 23.6 Å². The Hall–Kier alpha value is -1.27. The first-order valence-electron chi connectivity index (χ1n) is 7.58. The van der Waals surface area contributed by atoms with Crippen molar-refractivity contribution in [3.8, 4) is 0 Å². The zero-order valence-electron chi connectivity index (χ0n) is 11.9. The largest absolute Gasteiger partial charge is 0.334 e. The number of carbonyl (C=O) groups excluding carboxylic acids is 2. The van der Waals surface area contributed by atoms with E-state index < -0.39 is 0 Å². The highest BCUT2D eigenvalue weighted by atomic mass is 32.2. The van der Waals surface area contributed by atoms with E-state index in [1.54, 1.807) is 16.7 Å². The number of carbonyl (C=O) groups is 2. The fourth-order valence-electron chi connectivity index (χ4n) is 3.43. The molecule has 4 aliphatic rings. The van der Waals surface area contributed by atoms with Crippen LogP contribution in [0, 0.1) is 0 Å². The predicted octanol–water partition coefficient (Wildman–Crippen LogP) is 0.696. The van der Waals surface area contributed by atoms with Gasteiger partial charge in [-0.05, 0) is 31.0 Å². The lowest BCUT2D eigenvalue weighted by Gasteiger charge is -2.40. The summed E-state index contributed by atoms with van der Waals surface area (Å²) in [6, 6.07) is 0.361. The van der Waals surface area contributed by atoms with Crippen molar-refractivity contribution < 1.29 is 9.59 Å². The Labute approximate surface area is 128 Å². The highest BCUT2D eigenvalue weighted by Gasteiger charge is 2.38. The highest BCUT2D eigenvalue weighted by molar-refractivity contribution is 8.00. The van der Waals surface area contributed by atoms with E-state index in [2.05, 4.69) is 5.32 Å². The van der Waals surface area contributed by atoms with E-state index in [0.717, 1.165) is 49.4 Å². The molecule has 0 saturated carbocycles. The van der Waals surface area contributed by atoms with Gasteiger partial charge in [-0.2, -0.15) is 0 Å². The molecule has 4 aliphatic heterocycles. The second-order valence-corrected chi connectivity index (χ2v) is 7.21. The quantitative estimate of drug-likeness (QED) is 0.603. The normalized spacial score (nSPS) is 34.3. The van der Waals surface area contributed by atoms with Crippen LogP contribution < -0.4 is 5.32 Å². The number of amides is 2. The molecule has 6 heteroatoms. The van der Waals surface area contributed by atoms with Gasteiger partial charge in [0.1, 0.15) is 0 Å². The minimum Gasteiger partial charge on any atom is -0.334 e. The molecule has 2 atom stereocenters.